The molecule has 0 aromatic carbocycles. The predicted molar refractivity (Wildman–Crippen MR) is 83.0 cm³/mol. The third-order valence-corrected chi connectivity index (χ3v) is 4.99. The van der Waals surface area contributed by atoms with E-state index in [4.69, 9.17) is 14.0 Å². The number of ether oxygens (including phenoxy) is 2. The summed E-state index contributed by atoms with van der Waals surface area (Å²) in [6.45, 7) is 0.623. The average Bonchev–Trinajstić information content (AvgIpc) is 2.88. The van der Waals surface area contributed by atoms with Gasteiger partial charge >= 0.3 is 0 Å². The van der Waals surface area contributed by atoms with Crippen molar-refractivity contribution >= 4 is 21.5 Å². The zero-order valence-electron chi connectivity index (χ0n) is 12.0. The lowest BCUT2D eigenvalue weighted by Crippen LogP contribution is -2.28. The Morgan fingerprint density at radius 3 is 2.52 bits per heavy atom. The molecule has 2 rings (SSSR count). The summed E-state index contributed by atoms with van der Waals surface area (Å²) in [7, 11) is -3.79. The van der Waals surface area contributed by atoms with E-state index in [0.29, 0.717) is 13.0 Å². The molecule has 120 valence electrons. The minimum absolute atomic E-state index is 0.122. The summed E-state index contributed by atoms with van der Waals surface area (Å²) in [6.07, 6.45) is 6.82. The van der Waals surface area contributed by atoms with Crippen molar-refractivity contribution in [2.45, 2.75) is 51.0 Å². The molecule has 0 aliphatic carbocycles. The van der Waals surface area contributed by atoms with E-state index < -0.39 is 10.1 Å². The van der Waals surface area contributed by atoms with E-state index in [0.717, 1.165) is 50.0 Å². The highest BCUT2D eigenvalue weighted by Crippen LogP contribution is 2.36. The SMILES string of the molecule is O=S(=O)(O)CCCCCCCCC1COc2cscc2O1. The van der Waals surface area contributed by atoms with E-state index in [9.17, 15) is 8.42 Å². The van der Waals surface area contributed by atoms with Gasteiger partial charge in [0.2, 0.25) is 0 Å². The quantitative estimate of drug-likeness (QED) is 0.552. The molecular formula is C14H22O5S2. The molecule has 0 radical (unpaired) electrons. The second-order valence-corrected chi connectivity index (χ2v) is 7.66. The molecule has 1 unspecified atom stereocenters. The van der Waals surface area contributed by atoms with Gasteiger partial charge in [0.25, 0.3) is 10.1 Å². The third kappa shape index (κ3) is 6.23. The molecule has 5 nitrogen and oxygen atoms in total. The first-order chi connectivity index (χ1) is 10.0. The molecule has 0 saturated heterocycles. The zero-order valence-corrected chi connectivity index (χ0v) is 13.6. The van der Waals surface area contributed by atoms with Crippen molar-refractivity contribution in [2.75, 3.05) is 12.4 Å². The van der Waals surface area contributed by atoms with Crippen LogP contribution in [0.25, 0.3) is 0 Å². The Morgan fingerprint density at radius 1 is 1.10 bits per heavy atom. The Morgan fingerprint density at radius 2 is 1.76 bits per heavy atom. The van der Waals surface area contributed by atoms with Crippen molar-refractivity contribution in [1.29, 1.82) is 0 Å². The number of rotatable bonds is 9. The van der Waals surface area contributed by atoms with Crippen LogP contribution in [0.5, 0.6) is 11.5 Å². The van der Waals surface area contributed by atoms with Crippen molar-refractivity contribution in [3.63, 3.8) is 0 Å². The van der Waals surface area contributed by atoms with E-state index >= 15 is 0 Å². The van der Waals surface area contributed by atoms with Crippen LogP contribution < -0.4 is 9.47 Å². The molecular weight excluding hydrogens is 312 g/mol. The average molecular weight is 334 g/mol. The normalized spacial score (nSPS) is 17.9. The van der Waals surface area contributed by atoms with Gasteiger partial charge in [-0.1, -0.05) is 25.7 Å². The molecule has 0 spiro atoms. The largest absolute Gasteiger partial charge is 0.485 e. The van der Waals surface area contributed by atoms with Crippen molar-refractivity contribution in [1.82, 2.24) is 0 Å². The van der Waals surface area contributed by atoms with Crippen LogP contribution in [0.4, 0.5) is 0 Å². The van der Waals surface area contributed by atoms with Gasteiger partial charge < -0.3 is 9.47 Å². The first-order valence-corrected chi connectivity index (χ1v) is 9.90. The summed E-state index contributed by atoms with van der Waals surface area (Å²) in [6, 6.07) is 0. The van der Waals surface area contributed by atoms with Gasteiger partial charge in [-0.15, -0.1) is 11.3 Å². The maximum Gasteiger partial charge on any atom is 0.264 e. The molecule has 0 fully saturated rings. The molecule has 1 aromatic rings. The van der Waals surface area contributed by atoms with E-state index in [1.165, 1.54) is 0 Å². The lowest BCUT2D eigenvalue weighted by atomic mass is 10.1. The fourth-order valence-electron chi connectivity index (χ4n) is 2.37. The Kier molecular flexibility index (Phi) is 6.32. The molecule has 0 amide bonds. The summed E-state index contributed by atoms with van der Waals surface area (Å²) in [5, 5.41) is 3.93. The Bertz CT molecular complexity index is 523. The number of unbranched alkanes of at least 4 members (excludes halogenated alkanes) is 5. The van der Waals surface area contributed by atoms with Gasteiger partial charge in [0.15, 0.2) is 11.5 Å². The van der Waals surface area contributed by atoms with Crippen LogP contribution in [-0.2, 0) is 10.1 Å². The Hall–Kier alpha value is -0.790. The van der Waals surface area contributed by atoms with E-state index in [1.54, 1.807) is 11.3 Å². The smallest absolute Gasteiger partial charge is 0.264 e. The summed E-state index contributed by atoms with van der Waals surface area (Å²) < 4.78 is 41.2. The van der Waals surface area contributed by atoms with Gasteiger partial charge in [-0.05, 0) is 19.3 Å². The molecule has 1 aromatic heterocycles. The maximum absolute atomic E-state index is 10.5. The van der Waals surface area contributed by atoms with Crippen LogP contribution >= 0.6 is 11.3 Å². The minimum Gasteiger partial charge on any atom is -0.485 e. The van der Waals surface area contributed by atoms with Crippen molar-refractivity contribution < 1.29 is 22.4 Å². The summed E-state index contributed by atoms with van der Waals surface area (Å²) in [5.74, 6) is 1.60. The first kappa shape index (κ1) is 16.6. The number of hydrogen-bond donors (Lipinski definition) is 1. The number of thiophene rings is 1. The van der Waals surface area contributed by atoms with Gasteiger partial charge in [0, 0.05) is 10.8 Å². The summed E-state index contributed by atoms with van der Waals surface area (Å²) >= 11 is 1.59. The van der Waals surface area contributed by atoms with E-state index in [2.05, 4.69) is 0 Å². The van der Waals surface area contributed by atoms with E-state index in [1.807, 2.05) is 10.8 Å². The van der Waals surface area contributed by atoms with Crippen LogP contribution in [-0.4, -0.2) is 31.4 Å². The molecule has 21 heavy (non-hydrogen) atoms. The van der Waals surface area contributed by atoms with Crippen LogP contribution in [0.2, 0.25) is 0 Å². The number of fused-ring (bicyclic) bond motifs is 1. The molecule has 2 heterocycles. The van der Waals surface area contributed by atoms with Crippen LogP contribution in [0.15, 0.2) is 10.8 Å². The Balaban J connectivity index is 1.48. The highest BCUT2D eigenvalue weighted by molar-refractivity contribution is 7.85. The Labute approximate surface area is 130 Å². The topological polar surface area (TPSA) is 72.8 Å². The highest BCUT2D eigenvalue weighted by Gasteiger charge is 2.20. The van der Waals surface area contributed by atoms with Crippen LogP contribution in [0.3, 0.4) is 0 Å². The molecule has 1 aliphatic heterocycles. The third-order valence-electron chi connectivity index (χ3n) is 3.49. The summed E-state index contributed by atoms with van der Waals surface area (Å²) in [4.78, 5) is 0. The van der Waals surface area contributed by atoms with Crippen molar-refractivity contribution in [3.05, 3.63) is 10.8 Å². The second-order valence-electron chi connectivity index (χ2n) is 5.35. The van der Waals surface area contributed by atoms with Crippen LogP contribution in [0, 0.1) is 0 Å². The van der Waals surface area contributed by atoms with Gasteiger partial charge in [-0.3, -0.25) is 4.55 Å². The first-order valence-electron chi connectivity index (χ1n) is 7.35. The zero-order chi connectivity index (χ0) is 15.1. The van der Waals surface area contributed by atoms with Gasteiger partial charge in [-0.2, -0.15) is 8.42 Å². The lowest BCUT2D eigenvalue weighted by Gasteiger charge is -2.24. The van der Waals surface area contributed by atoms with Gasteiger partial charge in [-0.25, -0.2) is 0 Å². The lowest BCUT2D eigenvalue weighted by molar-refractivity contribution is 0.0842. The molecule has 0 bridgehead atoms. The monoisotopic (exact) mass is 334 g/mol. The maximum atomic E-state index is 10.5. The second kappa shape index (κ2) is 8.00. The molecule has 1 atom stereocenters. The molecule has 0 saturated carbocycles. The summed E-state index contributed by atoms with van der Waals surface area (Å²) in [5.41, 5.74) is 0. The van der Waals surface area contributed by atoms with E-state index in [-0.39, 0.29) is 11.9 Å². The molecule has 1 N–H and O–H groups in total. The highest BCUT2D eigenvalue weighted by atomic mass is 32.2. The van der Waals surface area contributed by atoms with Crippen LogP contribution in [0.1, 0.15) is 44.9 Å². The minimum atomic E-state index is -3.79. The standard InChI is InChI=1S/C14H22O5S2/c15-21(16,17)8-6-4-2-1-3-5-7-12-9-18-13-10-20-11-14(13)19-12/h10-12H,1-9H2,(H,15,16,17). The number of hydrogen-bond acceptors (Lipinski definition) is 5. The fraction of sp³-hybridized carbons (Fsp3) is 0.714. The van der Waals surface area contributed by atoms with Crippen molar-refractivity contribution in [2.24, 2.45) is 0 Å². The van der Waals surface area contributed by atoms with Gasteiger partial charge in [0.05, 0.1) is 5.75 Å². The van der Waals surface area contributed by atoms with Crippen molar-refractivity contribution in [3.8, 4) is 11.5 Å². The van der Waals surface area contributed by atoms with Gasteiger partial charge in [0.1, 0.15) is 12.7 Å². The molecule has 1 aliphatic rings. The predicted octanol–water partition coefficient (Wildman–Crippen LogP) is 3.51. The molecule has 7 heteroatoms. The fourth-order valence-corrected chi connectivity index (χ4v) is 3.61.